The molecule has 4 rings (SSSR count). The summed E-state index contributed by atoms with van der Waals surface area (Å²) in [6.45, 7) is 1.32. The van der Waals surface area contributed by atoms with Gasteiger partial charge in [-0.1, -0.05) is 12.1 Å². The number of thiazole rings is 1. The van der Waals surface area contributed by atoms with Gasteiger partial charge in [0.2, 0.25) is 0 Å². The summed E-state index contributed by atoms with van der Waals surface area (Å²) in [6.07, 6.45) is 0.253. The van der Waals surface area contributed by atoms with Crippen LogP contribution in [0.15, 0.2) is 35.8 Å². The summed E-state index contributed by atoms with van der Waals surface area (Å²) >= 11 is 1.35. The van der Waals surface area contributed by atoms with Crippen LogP contribution in [0.2, 0.25) is 0 Å². The standard InChI is InChI=1S/C18H16F3N3OS/c19-18(20,21)13-6-4-5-12(11-13)15-14(22-17-24(15)9-10-26-17)16(25)23-7-2-1-3-8-23/h4-6,9-11H,1-3,7-8H2. The van der Waals surface area contributed by atoms with E-state index in [0.29, 0.717) is 29.3 Å². The van der Waals surface area contributed by atoms with Crippen molar-refractivity contribution in [1.29, 1.82) is 0 Å². The molecule has 2 aromatic heterocycles. The maximum atomic E-state index is 13.1. The SMILES string of the molecule is O=C(c1nc2sccn2c1-c1cccc(C(F)(F)F)c1)N1CCCCC1. The third-order valence-corrected chi connectivity index (χ3v) is 5.33. The fraction of sp³-hybridized carbons (Fsp3) is 0.333. The van der Waals surface area contributed by atoms with Crippen molar-refractivity contribution in [1.82, 2.24) is 14.3 Å². The molecule has 1 fully saturated rings. The zero-order chi connectivity index (χ0) is 18.3. The first-order valence-electron chi connectivity index (χ1n) is 8.37. The van der Waals surface area contributed by atoms with E-state index in [1.807, 2.05) is 0 Å². The second-order valence-corrected chi connectivity index (χ2v) is 7.17. The molecule has 1 aromatic carbocycles. The largest absolute Gasteiger partial charge is 0.416 e. The Kier molecular flexibility index (Phi) is 4.22. The Morgan fingerprint density at radius 1 is 1.15 bits per heavy atom. The normalized spacial score (nSPS) is 15.6. The Bertz CT molecular complexity index is 954. The lowest BCUT2D eigenvalue weighted by atomic mass is 10.0. The summed E-state index contributed by atoms with van der Waals surface area (Å²) in [5.41, 5.74) is 0.239. The third kappa shape index (κ3) is 2.98. The first kappa shape index (κ1) is 17.1. The molecule has 4 nitrogen and oxygen atoms in total. The molecule has 1 aliphatic heterocycles. The maximum absolute atomic E-state index is 13.1. The minimum atomic E-state index is -4.44. The zero-order valence-electron chi connectivity index (χ0n) is 13.8. The number of nitrogens with zero attached hydrogens (tertiary/aromatic N) is 3. The molecule has 0 spiro atoms. The molecule has 0 unspecified atom stereocenters. The highest BCUT2D eigenvalue weighted by atomic mass is 32.1. The van der Waals surface area contributed by atoms with E-state index in [4.69, 9.17) is 0 Å². The number of hydrogen-bond acceptors (Lipinski definition) is 3. The van der Waals surface area contributed by atoms with Crippen LogP contribution in [-0.4, -0.2) is 33.3 Å². The Morgan fingerprint density at radius 3 is 2.65 bits per heavy atom. The first-order valence-corrected chi connectivity index (χ1v) is 9.25. The minimum absolute atomic E-state index is 0.215. The predicted octanol–water partition coefficient (Wildman–Crippen LogP) is 4.71. The van der Waals surface area contributed by atoms with Gasteiger partial charge in [0.05, 0.1) is 11.3 Å². The van der Waals surface area contributed by atoms with Gasteiger partial charge in [-0.2, -0.15) is 13.2 Å². The van der Waals surface area contributed by atoms with E-state index >= 15 is 0 Å². The number of alkyl halides is 3. The van der Waals surface area contributed by atoms with Crippen LogP contribution in [0.1, 0.15) is 35.3 Å². The molecule has 1 saturated heterocycles. The maximum Gasteiger partial charge on any atom is 0.416 e. The van der Waals surface area contributed by atoms with Crippen LogP contribution in [0, 0.1) is 0 Å². The summed E-state index contributed by atoms with van der Waals surface area (Å²) in [5.74, 6) is -0.215. The Labute approximate surface area is 151 Å². The third-order valence-electron chi connectivity index (χ3n) is 4.57. The number of piperidine rings is 1. The first-order chi connectivity index (χ1) is 12.4. The van der Waals surface area contributed by atoms with Crippen molar-refractivity contribution < 1.29 is 18.0 Å². The number of benzene rings is 1. The average Bonchev–Trinajstić information content (AvgIpc) is 3.22. The van der Waals surface area contributed by atoms with Crippen molar-refractivity contribution in [2.75, 3.05) is 13.1 Å². The number of aromatic nitrogens is 2. The monoisotopic (exact) mass is 379 g/mol. The molecular weight excluding hydrogens is 363 g/mol. The van der Waals surface area contributed by atoms with Gasteiger partial charge < -0.3 is 4.90 Å². The van der Waals surface area contributed by atoms with Gasteiger partial charge in [0, 0.05) is 30.2 Å². The number of imidazole rings is 1. The van der Waals surface area contributed by atoms with Gasteiger partial charge in [-0.05, 0) is 31.4 Å². The Hall–Kier alpha value is -2.35. The second kappa shape index (κ2) is 6.42. The lowest BCUT2D eigenvalue weighted by molar-refractivity contribution is -0.137. The number of fused-ring (bicyclic) bond motifs is 1. The topological polar surface area (TPSA) is 37.6 Å². The van der Waals surface area contributed by atoms with Crippen LogP contribution in [-0.2, 0) is 6.18 Å². The molecule has 0 atom stereocenters. The predicted molar refractivity (Wildman–Crippen MR) is 93.3 cm³/mol. The van der Waals surface area contributed by atoms with E-state index in [0.717, 1.165) is 31.4 Å². The smallest absolute Gasteiger partial charge is 0.337 e. The molecule has 3 heterocycles. The van der Waals surface area contributed by atoms with E-state index in [1.165, 1.54) is 17.4 Å². The number of carbonyl (C=O) groups excluding carboxylic acids is 1. The van der Waals surface area contributed by atoms with Crippen LogP contribution < -0.4 is 0 Å². The summed E-state index contributed by atoms with van der Waals surface area (Å²) in [4.78, 5) is 19.7. The number of hydrogen-bond donors (Lipinski definition) is 0. The number of amides is 1. The van der Waals surface area contributed by atoms with Crippen molar-refractivity contribution in [2.45, 2.75) is 25.4 Å². The van der Waals surface area contributed by atoms with Gasteiger partial charge in [-0.15, -0.1) is 11.3 Å². The van der Waals surface area contributed by atoms with Crippen LogP contribution in [0.5, 0.6) is 0 Å². The number of carbonyl (C=O) groups is 1. The van der Waals surface area contributed by atoms with Gasteiger partial charge >= 0.3 is 6.18 Å². The lowest BCUT2D eigenvalue weighted by Crippen LogP contribution is -2.36. The van der Waals surface area contributed by atoms with Crippen LogP contribution >= 0.6 is 11.3 Å². The molecule has 0 radical (unpaired) electrons. The molecule has 8 heteroatoms. The Balaban J connectivity index is 1.84. The minimum Gasteiger partial charge on any atom is -0.337 e. The zero-order valence-corrected chi connectivity index (χ0v) is 14.6. The van der Waals surface area contributed by atoms with Crippen molar-refractivity contribution in [3.05, 3.63) is 47.1 Å². The Morgan fingerprint density at radius 2 is 1.92 bits per heavy atom. The van der Waals surface area contributed by atoms with Gasteiger partial charge in [-0.3, -0.25) is 9.20 Å². The van der Waals surface area contributed by atoms with Crippen molar-refractivity contribution in [3.63, 3.8) is 0 Å². The van der Waals surface area contributed by atoms with Crippen molar-refractivity contribution >= 4 is 22.2 Å². The molecule has 1 aliphatic rings. The highest BCUT2D eigenvalue weighted by molar-refractivity contribution is 7.15. The summed E-state index contributed by atoms with van der Waals surface area (Å²) in [5, 5.41) is 1.80. The van der Waals surface area contributed by atoms with Crippen LogP contribution in [0.25, 0.3) is 16.2 Å². The lowest BCUT2D eigenvalue weighted by Gasteiger charge is -2.26. The fourth-order valence-corrected chi connectivity index (χ4v) is 4.01. The molecule has 26 heavy (non-hydrogen) atoms. The van der Waals surface area contributed by atoms with Crippen LogP contribution in [0.3, 0.4) is 0 Å². The highest BCUT2D eigenvalue weighted by Gasteiger charge is 2.32. The molecule has 136 valence electrons. The number of likely N-dealkylation sites (tertiary alicyclic amines) is 1. The van der Waals surface area contributed by atoms with Gasteiger partial charge in [0.15, 0.2) is 10.7 Å². The molecule has 0 bridgehead atoms. The van der Waals surface area contributed by atoms with E-state index in [9.17, 15) is 18.0 Å². The van der Waals surface area contributed by atoms with Crippen molar-refractivity contribution in [3.8, 4) is 11.3 Å². The fourth-order valence-electron chi connectivity index (χ4n) is 3.30. The summed E-state index contributed by atoms with van der Waals surface area (Å²) < 4.78 is 41.0. The van der Waals surface area contributed by atoms with Gasteiger partial charge in [-0.25, -0.2) is 4.98 Å². The van der Waals surface area contributed by atoms with Crippen LogP contribution in [0.4, 0.5) is 13.2 Å². The van der Waals surface area contributed by atoms with E-state index in [-0.39, 0.29) is 11.6 Å². The van der Waals surface area contributed by atoms with Gasteiger partial charge in [0.1, 0.15) is 0 Å². The number of halogens is 3. The summed E-state index contributed by atoms with van der Waals surface area (Å²) in [7, 11) is 0. The summed E-state index contributed by atoms with van der Waals surface area (Å²) in [6, 6.07) is 5.05. The molecule has 0 aliphatic carbocycles. The van der Waals surface area contributed by atoms with E-state index in [1.54, 1.807) is 26.9 Å². The highest BCUT2D eigenvalue weighted by Crippen LogP contribution is 2.34. The average molecular weight is 379 g/mol. The molecular formula is C18H16F3N3OS. The second-order valence-electron chi connectivity index (χ2n) is 6.30. The van der Waals surface area contributed by atoms with Crippen molar-refractivity contribution in [2.24, 2.45) is 0 Å². The number of rotatable bonds is 2. The quantitative estimate of drug-likeness (QED) is 0.647. The molecule has 1 amide bonds. The van der Waals surface area contributed by atoms with E-state index < -0.39 is 11.7 Å². The molecule has 0 N–H and O–H groups in total. The van der Waals surface area contributed by atoms with E-state index in [2.05, 4.69) is 4.98 Å². The molecule has 3 aromatic rings. The molecule has 0 saturated carbocycles. The van der Waals surface area contributed by atoms with Gasteiger partial charge in [0.25, 0.3) is 5.91 Å².